The van der Waals surface area contributed by atoms with Crippen LogP contribution >= 0.6 is 0 Å². The number of hydrogen-bond acceptors (Lipinski definition) is 5. The molecule has 0 fully saturated rings. The number of benzene rings is 5. The molecule has 0 saturated heterocycles. The van der Waals surface area contributed by atoms with Gasteiger partial charge in [-0.05, 0) is 88.3 Å². The van der Waals surface area contributed by atoms with Crippen LogP contribution in [0.4, 0.5) is 11.4 Å². The maximum absolute atomic E-state index is 13.0. The van der Waals surface area contributed by atoms with Gasteiger partial charge in [-0.3, -0.25) is 10.2 Å². The number of amides is 1. The molecule has 5 aromatic carbocycles. The molecule has 0 aliphatic carbocycles. The molecule has 236 valence electrons. The molecule has 5 N–H and O–H groups in total. The molecule has 47 heavy (non-hydrogen) atoms. The van der Waals surface area contributed by atoms with Crippen LogP contribution in [-0.4, -0.2) is 36.5 Å². The molecule has 0 saturated carbocycles. The fraction of sp³-hybridized carbons (Fsp3) is 0.154. The molecule has 1 aliphatic rings. The number of ether oxygens (including phenoxy) is 1. The summed E-state index contributed by atoms with van der Waals surface area (Å²) in [6, 6.07) is 36.4. The van der Waals surface area contributed by atoms with Crippen molar-refractivity contribution in [1.82, 2.24) is 0 Å². The van der Waals surface area contributed by atoms with E-state index in [4.69, 9.17) is 15.9 Å². The summed E-state index contributed by atoms with van der Waals surface area (Å²) in [6.07, 6.45) is 1.04. The number of methoxy groups -OCH3 is 1. The number of nitrogens with two attached hydrogens (primary N) is 1. The van der Waals surface area contributed by atoms with Crippen LogP contribution in [0.3, 0.4) is 0 Å². The van der Waals surface area contributed by atoms with Crippen molar-refractivity contribution in [3.05, 3.63) is 149 Å². The average molecular weight is 625 g/mol. The van der Waals surface area contributed by atoms with E-state index < -0.39 is 5.97 Å². The minimum absolute atomic E-state index is 0.0256. The van der Waals surface area contributed by atoms with Gasteiger partial charge < -0.3 is 25.8 Å². The van der Waals surface area contributed by atoms with Gasteiger partial charge in [0.1, 0.15) is 11.6 Å². The average Bonchev–Trinajstić information content (AvgIpc) is 3.41. The lowest BCUT2D eigenvalue weighted by molar-refractivity contribution is -0.115. The molecule has 6 rings (SSSR count). The molecule has 1 unspecified atom stereocenters. The number of nitrogens with zero attached hydrogens (tertiary/aromatic N) is 1. The van der Waals surface area contributed by atoms with Crippen molar-refractivity contribution in [2.45, 2.75) is 25.3 Å². The first-order chi connectivity index (χ1) is 22.8. The second-order valence-electron chi connectivity index (χ2n) is 11.8. The lowest BCUT2D eigenvalue weighted by Crippen LogP contribution is -2.22. The molecule has 0 spiro atoms. The molecule has 0 bridgehead atoms. The van der Waals surface area contributed by atoms with Gasteiger partial charge in [-0.25, -0.2) is 4.79 Å². The lowest BCUT2D eigenvalue weighted by atomic mass is 9.92. The van der Waals surface area contributed by atoms with E-state index in [2.05, 4.69) is 22.3 Å². The number of anilines is 2. The quantitative estimate of drug-likeness (QED) is 0.0938. The predicted octanol–water partition coefficient (Wildman–Crippen LogP) is 6.87. The first-order valence-electron chi connectivity index (χ1n) is 15.4. The number of nitrogen functional groups attached to an aromatic ring is 1. The van der Waals surface area contributed by atoms with Gasteiger partial charge in [0, 0.05) is 35.9 Å². The summed E-state index contributed by atoms with van der Waals surface area (Å²) >= 11 is 0. The summed E-state index contributed by atoms with van der Waals surface area (Å²) in [5, 5.41) is 21.2. The van der Waals surface area contributed by atoms with Gasteiger partial charge in [-0.1, -0.05) is 66.7 Å². The van der Waals surface area contributed by atoms with Crippen molar-refractivity contribution >= 4 is 29.1 Å². The van der Waals surface area contributed by atoms with Crippen molar-refractivity contribution in [2.24, 2.45) is 5.73 Å². The Morgan fingerprint density at radius 3 is 2.30 bits per heavy atom. The molecule has 8 heteroatoms. The molecule has 1 atom stereocenters. The number of hydrogen-bond donors (Lipinski definition) is 4. The minimum Gasteiger partial charge on any atom is -0.497 e. The van der Waals surface area contributed by atoms with E-state index in [1.165, 1.54) is 18.7 Å². The largest absolute Gasteiger partial charge is 0.497 e. The van der Waals surface area contributed by atoms with Gasteiger partial charge in [0.05, 0.1) is 19.1 Å². The molecule has 1 aliphatic heterocycles. The summed E-state index contributed by atoms with van der Waals surface area (Å²) < 4.78 is 5.34. The Morgan fingerprint density at radius 2 is 1.62 bits per heavy atom. The Kier molecular flexibility index (Phi) is 9.02. The van der Waals surface area contributed by atoms with Gasteiger partial charge in [-0.15, -0.1) is 0 Å². The van der Waals surface area contributed by atoms with Gasteiger partial charge >= 0.3 is 5.97 Å². The molecule has 0 radical (unpaired) electrons. The maximum Gasteiger partial charge on any atom is 0.336 e. The van der Waals surface area contributed by atoms with Crippen molar-refractivity contribution in [3.63, 3.8) is 0 Å². The Labute approximate surface area is 274 Å². The van der Waals surface area contributed by atoms with E-state index in [-0.39, 0.29) is 29.6 Å². The normalized spacial score (nSPS) is 13.6. The van der Waals surface area contributed by atoms with Crippen LogP contribution in [0.15, 0.2) is 115 Å². The molecular weight excluding hydrogens is 588 g/mol. The highest BCUT2D eigenvalue weighted by atomic mass is 16.5. The third-order valence-corrected chi connectivity index (χ3v) is 8.59. The highest BCUT2D eigenvalue weighted by molar-refractivity contribution is 5.99. The summed E-state index contributed by atoms with van der Waals surface area (Å²) in [5.74, 6) is -0.602. The number of nitrogens with one attached hydrogen (secondary N) is 2. The van der Waals surface area contributed by atoms with Crippen LogP contribution in [0.5, 0.6) is 5.75 Å². The Morgan fingerprint density at radius 1 is 0.894 bits per heavy atom. The van der Waals surface area contributed by atoms with E-state index in [9.17, 15) is 14.7 Å². The summed E-state index contributed by atoms with van der Waals surface area (Å²) in [6.45, 7) is 1.23. The standard InChI is InChI=1S/C39H36N4O4/c1-47-31-15-16-32(35(22-31)39(45)46)33-21-30(42-37(44)19-26-10-6-3-7-11-26)14-12-28(33)23-43-24-29(18-25-8-4-2-5-9-25)34-20-27(38(40)41)13-17-36(34)43/h2-17,20-22,29H,18-19,23-24H2,1H3,(H3,40,41)(H,42,44)(H,45,46). The second kappa shape index (κ2) is 13.6. The number of carbonyl (C=O) groups excluding carboxylic acids is 1. The molecule has 8 nitrogen and oxygen atoms in total. The second-order valence-corrected chi connectivity index (χ2v) is 11.8. The highest BCUT2D eigenvalue weighted by Crippen LogP contribution is 2.41. The van der Waals surface area contributed by atoms with E-state index in [1.54, 1.807) is 12.1 Å². The van der Waals surface area contributed by atoms with E-state index in [1.807, 2.05) is 84.9 Å². The topological polar surface area (TPSA) is 129 Å². The molecule has 0 aromatic heterocycles. The molecule has 5 aromatic rings. The first-order valence-corrected chi connectivity index (χ1v) is 15.4. The maximum atomic E-state index is 13.0. The van der Waals surface area contributed by atoms with Crippen LogP contribution in [0.2, 0.25) is 0 Å². The van der Waals surface area contributed by atoms with Gasteiger partial charge in [0.2, 0.25) is 5.91 Å². The van der Waals surface area contributed by atoms with Crippen LogP contribution in [0.25, 0.3) is 11.1 Å². The molecular formula is C39H36N4O4. The Hall–Kier alpha value is -5.89. The third-order valence-electron chi connectivity index (χ3n) is 8.59. The number of amidine groups is 1. The zero-order valence-corrected chi connectivity index (χ0v) is 26.1. The fourth-order valence-electron chi connectivity index (χ4n) is 6.32. The number of rotatable bonds is 11. The van der Waals surface area contributed by atoms with Crippen molar-refractivity contribution in [1.29, 1.82) is 5.41 Å². The van der Waals surface area contributed by atoms with Crippen LogP contribution in [0.1, 0.15) is 44.1 Å². The summed E-state index contributed by atoms with van der Waals surface area (Å²) in [5.41, 5.74) is 13.7. The number of carbonyl (C=O) groups is 2. The highest BCUT2D eigenvalue weighted by Gasteiger charge is 2.30. The molecule has 1 amide bonds. The van der Waals surface area contributed by atoms with Gasteiger partial charge in [0.15, 0.2) is 0 Å². The third kappa shape index (κ3) is 7.02. The lowest BCUT2D eigenvalue weighted by Gasteiger charge is -2.23. The van der Waals surface area contributed by atoms with Crippen molar-refractivity contribution in [3.8, 4) is 16.9 Å². The van der Waals surface area contributed by atoms with Gasteiger partial charge in [-0.2, -0.15) is 0 Å². The predicted molar refractivity (Wildman–Crippen MR) is 186 cm³/mol. The number of carboxylic acids is 1. The number of carboxylic acid groups (broad SMARTS) is 1. The Bertz CT molecular complexity index is 1940. The smallest absolute Gasteiger partial charge is 0.336 e. The van der Waals surface area contributed by atoms with Crippen LogP contribution in [0, 0.1) is 5.41 Å². The molecule has 1 heterocycles. The minimum atomic E-state index is -1.07. The van der Waals surface area contributed by atoms with E-state index in [0.29, 0.717) is 34.7 Å². The van der Waals surface area contributed by atoms with E-state index in [0.717, 1.165) is 35.3 Å². The van der Waals surface area contributed by atoms with Crippen molar-refractivity contribution in [2.75, 3.05) is 23.9 Å². The van der Waals surface area contributed by atoms with Crippen LogP contribution in [-0.2, 0) is 24.2 Å². The fourth-order valence-corrected chi connectivity index (χ4v) is 6.32. The first kappa shape index (κ1) is 31.1. The number of fused-ring (bicyclic) bond motifs is 1. The van der Waals surface area contributed by atoms with Crippen molar-refractivity contribution < 1.29 is 19.4 Å². The van der Waals surface area contributed by atoms with Gasteiger partial charge in [0.25, 0.3) is 0 Å². The summed E-state index contributed by atoms with van der Waals surface area (Å²) in [7, 11) is 1.50. The zero-order valence-electron chi connectivity index (χ0n) is 26.1. The number of aromatic carboxylic acids is 1. The zero-order chi connectivity index (χ0) is 32.9. The summed E-state index contributed by atoms with van der Waals surface area (Å²) in [4.78, 5) is 27.8. The SMILES string of the molecule is COc1ccc(-c2cc(NC(=O)Cc3ccccc3)ccc2CN2CC(Cc3ccccc3)c3cc(C(=N)N)ccc32)c(C(=O)O)c1. The van der Waals surface area contributed by atoms with Crippen LogP contribution < -0.4 is 20.7 Å². The Balaban J connectivity index is 1.38. The monoisotopic (exact) mass is 624 g/mol. The van der Waals surface area contributed by atoms with E-state index >= 15 is 0 Å².